The van der Waals surface area contributed by atoms with Crippen LogP contribution in [0.15, 0.2) is 41.2 Å². The van der Waals surface area contributed by atoms with Gasteiger partial charge in [0.1, 0.15) is 17.8 Å². The molecule has 2 heterocycles. The zero-order valence-corrected chi connectivity index (χ0v) is 14.3. The summed E-state index contributed by atoms with van der Waals surface area (Å²) in [6, 6.07) is 8.10. The molecule has 0 bridgehead atoms. The molecule has 1 aliphatic rings. The summed E-state index contributed by atoms with van der Waals surface area (Å²) in [5.74, 6) is -1.84. The first kappa shape index (κ1) is 18.7. The number of hydrogen-bond donors (Lipinski definition) is 1. The number of benzene rings is 1. The van der Waals surface area contributed by atoms with Gasteiger partial charge in [0.25, 0.3) is 11.5 Å². The number of pyridine rings is 1. The van der Waals surface area contributed by atoms with Crippen LogP contribution in [0.1, 0.15) is 28.5 Å². The standard InChI is InChI=1S/C18H16F3N3O3/c1-10-8-11-4-2-3-5-13(11)24(10)15(25)9-23-14(18(19,20)21)7-6-12(16(22)26)17(23)27/h2-7,10H,8-9H2,1H3,(H2,22,26)/t10-/m1/s1. The van der Waals surface area contributed by atoms with E-state index in [4.69, 9.17) is 5.73 Å². The van der Waals surface area contributed by atoms with Crippen LogP contribution in [-0.4, -0.2) is 22.4 Å². The van der Waals surface area contributed by atoms with Crippen LogP contribution >= 0.6 is 0 Å². The van der Waals surface area contributed by atoms with Crippen molar-refractivity contribution in [1.29, 1.82) is 0 Å². The van der Waals surface area contributed by atoms with E-state index in [0.29, 0.717) is 18.2 Å². The zero-order valence-electron chi connectivity index (χ0n) is 14.3. The predicted molar refractivity (Wildman–Crippen MR) is 91.3 cm³/mol. The summed E-state index contributed by atoms with van der Waals surface area (Å²) in [7, 11) is 0. The minimum atomic E-state index is -4.87. The lowest BCUT2D eigenvalue weighted by atomic mass is 10.1. The van der Waals surface area contributed by atoms with Crippen molar-refractivity contribution in [3.63, 3.8) is 0 Å². The van der Waals surface area contributed by atoms with Crippen LogP contribution in [0.5, 0.6) is 0 Å². The summed E-state index contributed by atoms with van der Waals surface area (Å²) in [6.45, 7) is 0.915. The van der Waals surface area contributed by atoms with Crippen molar-refractivity contribution in [2.24, 2.45) is 5.73 Å². The second-order valence-electron chi connectivity index (χ2n) is 6.33. The highest BCUT2D eigenvalue weighted by Gasteiger charge is 2.37. The largest absolute Gasteiger partial charge is 0.431 e. The Hall–Kier alpha value is -3.10. The van der Waals surface area contributed by atoms with Crippen molar-refractivity contribution in [3.8, 4) is 0 Å². The molecule has 0 unspecified atom stereocenters. The van der Waals surface area contributed by atoms with Crippen molar-refractivity contribution in [1.82, 2.24) is 4.57 Å². The van der Waals surface area contributed by atoms with Gasteiger partial charge in [-0.25, -0.2) is 0 Å². The number of nitrogens with two attached hydrogens (primary N) is 1. The molecule has 0 aliphatic carbocycles. The molecule has 1 aromatic heterocycles. The predicted octanol–water partition coefficient (Wildman–Crippen LogP) is 1.94. The van der Waals surface area contributed by atoms with Crippen LogP contribution in [-0.2, 0) is 23.9 Å². The van der Waals surface area contributed by atoms with Gasteiger partial charge in [-0.2, -0.15) is 13.2 Å². The molecule has 142 valence electrons. The van der Waals surface area contributed by atoms with Crippen LogP contribution < -0.4 is 16.2 Å². The number of anilines is 1. The van der Waals surface area contributed by atoms with Crippen molar-refractivity contribution >= 4 is 17.5 Å². The quantitative estimate of drug-likeness (QED) is 0.885. The van der Waals surface area contributed by atoms with Gasteiger partial charge >= 0.3 is 6.18 Å². The van der Waals surface area contributed by atoms with E-state index >= 15 is 0 Å². The summed E-state index contributed by atoms with van der Waals surface area (Å²) in [4.78, 5) is 37.8. The van der Waals surface area contributed by atoms with E-state index < -0.39 is 41.4 Å². The van der Waals surface area contributed by atoms with E-state index in [2.05, 4.69) is 0 Å². The summed E-state index contributed by atoms with van der Waals surface area (Å²) >= 11 is 0. The Morgan fingerprint density at radius 2 is 1.85 bits per heavy atom. The molecule has 3 rings (SSSR count). The summed E-state index contributed by atoms with van der Waals surface area (Å²) < 4.78 is 40.2. The Bertz CT molecular complexity index is 982. The van der Waals surface area contributed by atoms with Gasteiger partial charge in [0.05, 0.1) is 0 Å². The fraction of sp³-hybridized carbons (Fsp3) is 0.278. The van der Waals surface area contributed by atoms with Gasteiger partial charge in [-0.1, -0.05) is 18.2 Å². The van der Waals surface area contributed by atoms with Crippen LogP contribution in [0.4, 0.5) is 18.9 Å². The molecule has 2 amide bonds. The number of carbonyl (C=O) groups excluding carboxylic acids is 2. The average molecular weight is 379 g/mol. The number of fused-ring (bicyclic) bond motifs is 1. The Balaban J connectivity index is 2.05. The third kappa shape index (κ3) is 3.32. The monoisotopic (exact) mass is 379 g/mol. The first-order valence-corrected chi connectivity index (χ1v) is 8.12. The molecule has 6 nitrogen and oxygen atoms in total. The zero-order chi connectivity index (χ0) is 19.9. The molecular weight excluding hydrogens is 363 g/mol. The summed E-state index contributed by atoms with van der Waals surface area (Å²) in [5.41, 5.74) is 3.38. The molecule has 0 saturated heterocycles. The Kier molecular flexibility index (Phi) is 4.54. The number of alkyl halides is 3. The van der Waals surface area contributed by atoms with Gasteiger partial charge < -0.3 is 10.6 Å². The fourth-order valence-corrected chi connectivity index (χ4v) is 3.33. The van der Waals surface area contributed by atoms with Crippen molar-refractivity contribution in [2.45, 2.75) is 32.1 Å². The molecular formula is C18H16F3N3O3. The lowest BCUT2D eigenvalue weighted by Crippen LogP contribution is -2.42. The number of nitrogens with zero attached hydrogens (tertiary/aromatic N) is 2. The van der Waals surface area contributed by atoms with E-state index in [1.165, 1.54) is 4.90 Å². The lowest BCUT2D eigenvalue weighted by molar-refractivity contribution is -0.144. The number of hydrogen-bond acceptors (Lipinski definition) is 3. The average Bonchev–Trinajstić information content (AvgIpc) is 2.90. The maximum atomic E-state index is 13.3. The normalized spacial score (nSPS) is 16.3. The third-order valence-electron chi connectivity index (χ3n) is 4.50. The SMILES string of the molecule is C[C@@H]1Cc2ccccc2N1C(=O)Cn1c(C(F)(F)F)ccc(C(N)=O)c1=O. The first-order chi connectivity index (χ1) is 12.6. The number of rotatable bonds is 3. The van der Waals surface area contributed by atoms with Crippen molar-refractivity contribution in [2.75, 3.05) is 4.90 Å². The van der Waals surface area contributed by atoms with E-state index in [1.54, 1.807) is 19.1 Å². The van der Waals surface area contributed by atoms with Gasteiger partial charge in [-0.15, -0.1) is 0 Å². The summed E-state index contributed by atoms with van der Waals surface area (Å²) in [6.07, 6.45) is -4.31. The van der Waals surface area contributed by atoms with Crippen molar-refractivity contribution in [3.05, 3.63) is 63.6 Å². The molecule has 0 radical (unpaired) electrons. The minimum absolute atomic E-state index is 0.260. The van der Waals surface area contributed by atoms with Gasteiger partial charge in [-0.05, 0) is 37.1 Å². The van der Waals surface area contributed by atoms with E-state index in [0.717, 1.165) is 11.6 Å². The second-order valence-corrected chi connectivity index (χ2v) is 6.33. The van der Waals surface area contributed by atoms with E-state index in [-0.39, 0.29) is 10.6 Å². The molecule has 2 N–H and O–H groups in total. The minimum Gasteiger partial charge on any atom is -0.365 e. The van der Waals surface area contributed by atoms with E-state index in [1.807, 2.05) is 12.1 Å². The van der Waals surface area contributed by atoms with Gasteiger partial charge in [-0.3, -0.25) is 19.0 Å². The molecule has 1 atom stereocenters. The Labute approximate surface area is 152 Å². The van der Waals surface area contributed by atoms with Crippen LogP contribution in [0.3, 0.4) is 0 Å². The van der Waals surface area contributed by atoms with Gasteiger partial charge in [0.2, 0.25) is 5.91 Å². The van der Waals surface area contributed by atoms with Crippen LogP contribution in [0.25, 0.3) is 0 Å². The molecule has 2 aromatic rings. The van der Waals surface area contributed by atoms with E-state index in [9.17, 15) is 27.6 Å². The second kappa shape index (κ2) is 6.57. The number of carbonyl (C=O) groups is 2. The fourth-order valence-electron chi connectivity index (χ4n) is 3.33. The number of para-hydroxylation sites is 1. The third-order valence-corrected chi connectivity index (χ3v) is 4.50. The highest BCUT2D eigenvalue weighted by Crippen LogP contribution is 2.33. The Morgan fingerprint density at radius 1 is 1.19 bits per heavy atom. The number of halogens is 3. The summed E-state index contributed by atoms with van der Waals surface area (Å²) in [5, 5.41) is 0. The highest BCUT2D eigenvalue weighted by molar-refractivity contribution is 5.96. The highest BCUT2D eigenvalue weighted by atomic mass is 19.4. The Morgan fingerprint density at radius 3 is 2.48 bits per heavy atom. The molecule has 0 fully saturated rings. The van der Waals surface area contributed by atoms with Gasteiger partial charge in [0.15, 0.2) is 0 Å². The lowest BCUT2D eigenvalue weighted by Gasteiger charge is -2.24. The maximum absolute atomic E-state index is 13.3. The van der Waals surface area contributed by atoms with Crippen molar-refractivity contribution < 1.29 is 22.8 Å². The first-order valence-electron chi connectivity index (χ1n) is 8.12. The van der Waals surface area contributed by atoms with Gasteiger partial charge in [0, 0.05) is 11.7 Å². The molecule has 0 spiro atoms. The maximum Gasteiger partial charge on any atom is 0.431 e. The van der Waals surface area contributed by atoms with Crippen LogP contribution in [0, 0.1) is 0 Å². The molecule has 27 heavy (non-hydrogen) atoms. The smallest absolute Gasteiger partial charge is 0.365 e. The molecule has 1 aromatic carbocycles. The molecule has 9 heteroatoms. The number of primary amides is 1. The number of aromatic nitrogens is 1. The number of amides is 2. The van der Waals surface area contributed by atoms with Crippen LogP contribution in [0.2, 0.25) is 0 Å². The molecule has 1 aliphatic heterocycles. The molecule has 0 saturated carbocycles. The topological polar surface area (TPSA) is 85.4 Å².